The molecule has 1 atom stereocenters. The van der Waals surface area contributed by atoms with Crippen molar-refractivity contribution in [3.05, 3.63) is 47.5 Å². The van der Waals surface area contributed by atoms with Gasteiger partial charge in [0.15, 0.2) is 5.78 Å². The van der Waals surface area contributed by atoms with E-state index in [9.17, 15) is 9.90 Å². The highest BCUT2D eigenvalue weighted by molar-refractivity contribution is 6.04. The predicted octanol–water partition coefficient (Wildman–Crippen LogP) is 2.84. The number of Topliss-reactive ketones (excluding diaryl/α,β-unsaturated/α-hetero) is 1. The first-order valence-corrected chi connectivity index (χ1v) is 7.34. The van der Waals surface area contributed by atoms with Crippen LogP contribution in [0.25, 0.3) is 0 Å². The molecule has 23 heavy (non-hydrogen) atoms. The smallest absolute Gasteiger partial charge is 0.177 e. The van der Waals surface area contributed by atoms with E-state index >= 15 is 0 Å². The fourth-order valence-corrected chi connectivity index (χ4v) is 2.77. The molecule has 0 aliphatic carbocycles. The van der Waals surface area contributed by atoms with E-state index in [1.165, 1.54) is 7.11 Å². The molecule has 1 aliphatic heterocycles. The summed E-state index contributed by atoms with van der Waals surface area (Å²) in [5, 5.41) is 9.90. The number of hydrogen-bond donors (Lipinski definition) is 1. The maximum atomic E-state index is 12.8. The zero-order valence-corrected chi connectivity index (χ0v) is 13.0. The summed E-state index contributed by atoms with van der Waals surface area (Å²) in [6.07, 6.45) is 0.417. The van der Waals surface area contributed by atoms with Gasteiger partial charge in [-0.05, 0) is 18.1 Å². The van der Waals surface area contributed by atoms with E-state index in [0.29, 0.717) is 29.2 Å². The highest BCUT2D eigenvalue weighted by atomic mass is 16.5. The van der Waals surface area contributed by atoms with Gasteiger partial charge in [0, 0.05) is 12.1 Å². The minimum Gasteiger partial charge on any atom is -0.508 e. The van der Waals surface area contributed by atoms with Gasteiger partial charge in [-0.1, -0.05) is 18.2 Å². The summed E-state index contributed by atoms with van der Waals surface area (Å²) < 4.78 is 16.3. The van der Waals surface area contributed by atoms with Crippen LogP contribution in [-0.4, -0.2) is 31.7 Å². The van der Waals surface area contributed by atoms with Gasteiger partial charge in [0.1, 0.15) is 28.6 Å². The number of benzene rings is 2. The van der Waals surface area contributed by atoms with Crippen molar-refractivity contribution in [2.75, 3.05) is 20.8 Å². The van der Waals surface area contributed by atoms with Crippen molar-refractivity contribution in [3.8, 4) is 23.0 Å². The lowest BCUT2D eigenvalue weighted by atomic mass is 9.89. The molecule has 1 unspecified atom stereocenters. The van der Waals surface area contributed by atoms with Crippen LogP contribution in [0.4, 0.5) is 0 Å². The van der Waals surface area contributed by atoms with Crippen molar-refractivity contribution in [1.29, 1.82) is 0 Å². The Balaban J connectivity index is 1.93. The third-order valence-electron chi connectivity index (χ3n) is 4.01. The maximum Gasteiger partial charge on any atom is 0.177 e. The van der Waals surface area contributed by atoms with Gasteiger partial charge in [-0.2, -0.15) is 0 Å². The predicted molar refractivity (Wildman–Crippen MR) is 84.7 cm³/mol. The second-order valence-corrected chi connectivity index (χ2v) is 5.41. The largest absolute Gasteiger partial charge is 0.508 e. The zero-order valence-electron chi connectivity index (χ0n) is 13.0. The average Bonchev–Trinajstić information content (AvgIpc) is 2.58. The molecular formula is C18H18O5. The molecule has 0 saturated heterocycles. The molecule has 3 rings (SSSR count). The van der Waals surface area contributed by atoms with E-state index in [0.717, 1.165) is 5.56 Å². The van der Waals surface area contributed by atoms with E-state index in [1.54, 1.807) is 31.4 Å². The fraction of sp³-hybridized carbons (Fsp3) is 0.278. The number of para-hydroxylation sites is 1. The van der Waals surface area contributed by atoms with Crippen LogP contribution in [0, 0.1) is 5.92 Å². The molecule has 0 radical (unpaired) electrons. The van der Waals surface area contributed by atoms with Gasteiger partial charge in [-0.3, -0.25) is 4.79 Å². The third kappa shape index (κ3) is 2.82. The molecule has 120 valence electrons. The SMILES string of the molecule is COc1cc(OC)c2c(c1)OCC(Cc1ccccc1O)C2=O. The lowest BCUT2D eigenvalue weighted by Crippen LogP contribution is -2.30. The number of phenolic OH excluding ortho intramolecular Hbond substituents is 1. The minimum atomic E-state index is -0.363. The van der Waals surface area contributed by atoms with E-state index in [-0.39, 0.29) is 24.1 Å². The number of carbonyl (C=O) groups excluding carboxylic acids is 1. The molecule has 1 aliphatic rings. The first-order valence-electron chi connectivity index (χ1n) is 7.34. The topological polar surface area (TPSA) is 65.0 Å². The minimum absolute atomic E-state index is 0.0472. The molecule has 0 amide bonds. The lowest BCUT2D eigenvalue weighted by Gasteiger charge is -2.26. The summed E-state index contributed by atoms with van der Waals surface area (Å²) in [6, 6.07) is 10.4. The Morgan fingerprint density at radius 2 is 2.00 bits per heavy atom. The van der Waals surface area contributed by atoms with Gasteiger partial charge >= 0.3 is 0 Å². The second-order valence-electron chi connectivity index (χ2n) is 5.41. The van der Waals surface area contributed by atoms with Crippen LogP contribution in [0.5, 0.6) is 23.0 Å². The molecule has 0 saturated carbocycles. The van der Waals surface area contributed by atoms with Crippen molar-refractivity contribution in [2.24, 2.45) is 5.92 Å². The van der Waals surface area contributed by atoms with Crippen LogP contribution in [0.3, 0.4) is 0 Å². The summed E-state index contributed by atoms with van der Waals surface area (Å²) in [5.41, 5.74) is 1.16. The summed E-state index contributed by atoms with van der Waals surface area (Å²) in [5.74, 6) is 1.26. The molecule has 1 N–H and O–H groups in total. The van der Waals surface area contributed by atoms with E-state index in [2.05, 4.69) is 0 Å². The van der Waals surface area contributed by atoms with Crippen molar-refractivity contribution in [2.45, 2.75) is 6.42 Å². The molecule has 1 heterocycles. The number of fused-ring (bicyclic) bond motifs is 1. The Morgan fingerprint density at radius 3 is 2.70 bits per heavy atom. The van der Waals surface area contributed by atoms with Crippen LogP contribution >= 0.6 is 0 Å². The van der Waals surface area contributed by atoms with Gasteiger partial charge < -0.3 is 19.3 Å². The molecular weight excluding hydrogens is 296 g/mol. The summed E-state index contributed by atoms with van der Waals surface area (Å²) in [4.78, 5) is 12.8. The number of carbonyl (C=O) groups is 1. The molecule has 2 aromatic carbocycles. The quantitative estimate of drug-likeness (QED) is 0.940. The van der Waals surface area contributed by atoms with Crippen molar-refractivity contribution in [3.63, 3.8) is 0 Å². The van der Waals surface area contributed by atoms with Crippen LogP contribution in [0.2, 0.25) is 0 Å². The Bertz CT molecular complexity index is 721. The van der Waals surface area contributed by atoms with Gasteiger partial charge in [-0.25, -0.2) is 0 Å². The molecule has 0 aromatic heterocycles. The van der Waals surface area contributed by atoms with Crippen LogP contribution < -0.4 is 14.2 Å². The fourth-order valence-electron chi connectivity index (χ4n) is 2.77. The zero-order chi connectivity index (χ0) is 16.4. The van der Waals surface area contributed by atoms with Crippen LogP contribution in [0.15, 0.2) is 36.4 Å². The first kappa shape index (κ1) is 15.2. The summed E-state index contributed by atoms with van der Waals surface area (Å²) >= 11 is 0. The molecule has 5 nitrogen and oxygen atoms in total. The number of hydrogen-bond acceptors (Lipinski definition) is 5. The molecule has 5 heteroatoms. The lowest BCUT2D eigenvalue weighted by molar-refractivity contribution is 0.0825. The summed E-state index contributed by atoms with van der Waals surface area (Å²) in [6.45, 7) is 0.260. The number of phenols is 1. The number of aromatic hydroxyl groups is 1. The average molecular weight is 314 g/mol. The monoisotopic (exact) mass is 314 g/mol. The first-order chi connectivity index (χ1) is 11.1. The van der Waals surface area contributed by atoms with Crippen LogP contribution in [-0.2, 0) is 6.42 Å². The second kappa shape index (κ2) is 6.20. The van der Waals surface area contributed by atoms with Crippen molar-refractivity contribution in [1.82, 2.24) is 0 Å². The number of methoxy groups -OCH3 is 2. The van der Waals surface area contributed by atoms with E-state index in [1.807, 2.05) is 12.1 Å². The highest BCUT2D eigenvalue weighted by Crippen LogP contribution is 2.39. The van der Waals surface area contributed by atoms with Gasteiger partial charge in [-0.15, -0.1) is 0 Å². The number of rotatable bonds is 4. The Kier molecular flexibility index (Phi) is 4.10. The van der Waals surface area contributed by atoms with Gasteiger partial charge in [0.25, 0.3) is 0 Å². The van der Waals surface area contributed by atoms with Crippen molar-refractivity contribution >= 4 is 5.78 Å². The van der Waals surface area contributed by atoms with Gasteiger partial charge in [0.2, 0.25) is 0 Å². The van der Waals surface area contributed by atoms with E-state index < -0.39 is 0 Å². The summed E-state index contributed by atoms with van der Waals surface area (Å²) in [7, 11) is 3.06. The Hall–Kier alpha value is -2.69. The molecule has 2 aromatic rings. The molecule has 0 fully saturated rings. The number of ketones is 1. The van der Waals surface area contributed by atoms with Crippen LogP contribution in [0.1, 0.15) is 15.9 Å². The van der Waals surface area contributed by atoms with E-state index in [4.69, 9.17) is 14.2 Å². The molecule has 0 bridgehead atoms. The molecule has 0 spiro atoms. The normalized spacial score (nSPS) is 16.4. The number of ether oxygens (including phenoxy) is 3. The highest BCUT2D eigenvalue weighted by Gasteiger charge is 2.33. The Morgan fingerprint density at radius 1 is 1.22 bits per heavy atom. The maximum absolute atomic E-state index is 12.8. The third-order valence-corrected chi connectivity index (χ3v) is 4.01. The van der Waals surface area contributed by atoms with Gasteiger partial charge in [0.05, 0.1) is 26.7 Å². The standard InChI is InChI=1S/C18H18O5/c1-21-13-8-15(22-2)17-16(9-13)23-10-12(18(17)20)7-11-5-3-4-6-14(11)19/h3-6,8-9,12,19H,7,10H2,1-2H3. The van der Waals surface area contributed by atoms with Crippen molar-refractivity contribution < 1.29 is 24.1 Å². The Labute approximate surface area is 134 Å².